The van der Waals surface area contributed by atoms with Crippen LogP contribution in [0.1, 0.15) is 22.8 Å². The van der Waals surface area contributed by atoms with Crippen LogP contribution in [0.5, 0.6) is 0 Å². The second-order valence-electron chi connectivity index (χ2n) is 4.05. The van der Waals surface area contributed by atoms with Crippen LogP contribution < -0.4 is 0 Å². The molecule has 0 unspecified atom stereocenters. The Bertz CT molecular complexity index is 615. The molecule has 0 fully saturated rings. The molecule has 1 aromatic heterocycles. The molecule has 0 saturated heterocycles. The minimum Gasteiger partial charge on any atom is -0.462 e. The molecule has 1 heterocycles. The average Bonchev–Trinajstić information content (AvgIpc) is 2.48. The molecule has 3 nitrogen and oxygen atoms in total. The van der Waals surface area contributed by atoms with E-state index in [1.807, 2.05) is 30.3 Å². The summed E-state index contributed by atoms with van der Waals surface area (Å²) in [5.74, 6) is -0.241. The van der Waals surface area contributed by atoms with Crippen LogP contribution in [0.25, 0.3) is 11.3 Å². The first kappa shape index (κ1) is 14.8. The fourth-order valence-electron chi connectivity index (χ4n) is 1.81. The van der Waals surface area contributed by atoms with Gasteiger partial charge in [-0.1, -0.05) is 41.9 Å². The zero-order valence-electron chi connectivity index (χ0n) is 10.9. The fraction of sp³-hybridized carbons (Fsp3) is 0.200. The van der Waals surface area contributed by atoms with E-state index in [4.69, 9.17) is 27.9 Å². The highest BCUT2D eigenvalue weighted by Gasteiger charge is 2.18. The van der Waals surface area contributed by atoms with E-state index < -0.39 is 5.97 Å². The number of nitrogens with zero attached hydrogens (tertiary/aromatic N) is 1. The van der Waals surface area contributed by atoms with Gasteiger partial charge in [-0.15, -0.1) is 11.6 Å². The molecule has 2 rings (SSSR count). The van der Waals surface area contributed by atoms with Gasteiger partial charge in [0.2, 0.25) is 0 Å². The van der Waals surface area contributed by atoms with E-state index >= 15 is 0 Å². The van der Waals surface area contributed by atoms with Gasteiger partial charge in [0.15, 0.2) is 0 Å². The first-order valence-corrected chi connectivity index (χ1v) is 7.06. The third-order valence-electron chi connectivity index (χ3n) is 2.74. The van der Waals surface area contributed by atoms with Gasteiger partial charge in [0.25, 0.3) is 0 Å². The maximum atomic E-state index is 12.1. The molecule has 20 heavy (non-hydrogen) atoms. The van der Waals surface area contributed by atoms with Crippen molar-refractivity contribution in [2.24, 2.45) is 0 Å². The van der Waals surface area contributed by atoms with Gasteiger partial charge in [0.1, 0.15) is 5.15 Å². The molecule has 5 heteroatoms. The quantitative estimate of drug-likeness (QED) is 0.480. The van der Waals surface area contributed by atoms with Crippen LogP contribution in [0.4, 0.5) is 0 Å². The highest BCUT2D eigenvalue weighted by atomic mass is 35.5. The van der Waals surface area contributed by atoms with Crippen molar-refractivity contribution < 1.29 is 9.53 Å². The van der Waals surface area contributed by atoms with Crippen molar-refractivity contribution in [1.29, 1.82) is 0 Å². The van der Waals surface area contributed by atoms with Crippen molar-refractivity contribution in [2.45, 2.75) is 12.8 Å². The van der Waals surface area contributed by atoms with Crippen LogP contribution in [-0.4, -0.2) is 17.6 Å². The zero-order chi connectivity index (χ0) is 14.5. The highest BCUT2D eigenvalue weighted by Crippen LogP contribution is 2.27. The number of hydrogen-bond acceptors (Lipinski definition) is 3. The summed E-state index contributed by atoms with van der Waals surface area (Å²) in [6.45, 7) is 2.05. The lowest BCUT2D eigenvalue weighted by molar-refractivity contribution is 0.0527. The zero-order valence-corrected chi connectivity index (χ0v) is 12.4. The molecule has 0 spiro atoms. The van der Waals surface area contributed by atoms with Gasteiger partial charge in [-0.3, -0.25) is 0 Å². The van der Waals surface area contributed by atoms with E-state index in [9.17, 15) is 4.79 Å². The normalized spacial score (nSPS) is 10.3. The summed E-state index contributed by atoms with van der Waals surface area (Å²) >= 11 is 11.9. The number of carbonyl (C=O) groups is 1. The summed E-state index contributed by atoms with van der Waals surface area (Å²) in [5, 5.41) is 0.298. The standard InChI is InChI=1S/C15H13Cl2NO2/c1-2-20-15(19)12-8-11(9-16)14(17)18-13(12)10-6-4-3-5-7-10/h3-8H,2,9H2,1H3. The van der Waals surface area contributed by atoms with Crippen molar-refractivity contribution in [3.05, 3.63) is 52.7 Å². The first-order valence-electron chi connectivity index (χ1n) is 6.15. The van der Waals surface area contributed by atoms with Crippen LogP contribution in [0.3, 0.4) is 0 Å². The number of alkyl halides is 1. The van der Waals surface area contributed by atoms with Crippen LogP contribution in [0, 0.1) is 0 Å². The first-order chi connectivity index (χ1) is 9.67. The monoisotopic (exact) mass is 309 g/mol. The molecule has 1 aromatic carbocycles. The summed E-state index contributed by atoms with van der Waals surface area (Å²) in [4.78, 5) is 16.4. The summed E-state index contributed by atoms with van der Waals surface area (Å²) in [5.41, 5.74) is 2.29. The number of carbonyl (C=O) groups excluding carboxylic acids is 1. The van der Waals surface area contributed by atoms with E-state index in [0.29, 0.717) is 28.6 Å². The minimum absolute atomic E-state index is 0.188. The molecule has 0 saturated carbocycles. The predicted molar refractivity (Wildman–Crippen MR) is 80.2 cm³/mol. The Balaban J connectivity index is 2.59. The molecule has 2 aromatic rings. The Morgan fingerprint density at radius 2 is 2.00 bits per heavy atom. The highest BCUT2D eigenvalue weighted by molar-refractivity contribution is 6.31. The van der Waals surface area contributed by atoms with E-state index in [1.54, 1.807) is 13.0 Å². The Hall–Kier alpha value is -1.58. The Labute approximate surface area is 127 Å². The summed E-state index contributed by atoms with van der Waals surface area (Å²) in [7, 11) is 0. The summed E-state index contributed by atoms with van der Waals surface area (Å²) in [6.07, 6.45) is 0. The van der Waals surface area contributed by atoms with Gasteiger partial charge in [0.05, 0.1) is 23.7 Å². The third kappa shape index (κ3) is 3.11. The molecule has 0 radical (unpaired) electrons. The third-order valence-corrected chi connectivity index (χ3v) is 3.35. The molecule has 0 aliphatic carbocycles. The number of halogens is 2. The summed E-state index contributed by atoms with van der Waals surface area (Å²) < 4.78 is 5.06. The van der Waals surface area contributed by atoms with Crippen LogP contribution in [0.15, 0.2) is 36.4 Å². The Morgan fingerprint density at radius 1 is 1.30 bits per heavy atom. The number of ether oxygens (including phenoxy) is 1. The Morgan fingerprint density at radius 3 is 2.60 bits per heavy atom. The number of hydrogen-bond donors (Lipinski definition) is 0. The largest absolute Gasteiger partial charge is 0.462 e. The maximum absolute atomic E-state index is 12.1. The van der Waals surface area contributed by atoms with Crippen molar-refractivity contribution >= 4 is 29.2 Å². The van der Waals surface area contributed by atoms with Gasteiger partial charge in [-0.2, -0.15) is 0 Å². The number of benzene rings is 1. The lowest BCUT2D eigenvalue weighted by Crippen LogP contribution is -2.09. The Kier molecular flexibility index (Phi) is 4.99. The van der Waals surface area contributed by atoms with Crippen LogP contribution in [-0.2, 0) is 10.6 Å². The lowest BCUT2D eigenvalue weighted by atomic mass is 10.0. The van der Waals surface area contributed by atoms with Crippen LogP contribution in [0.2, 0.25) is 5.15 Å². The van der Waals surface area contributed by atoms with E-state index in [1.165, 1.54) is 0 Å². The second-order valence-corrected chi connectivity index (χ2v) is 4.68. The molecule has 0 bridgehead atoms. The topological polar surface area (TPSA) is 39.2 Å². The predicted octanol–water partition coefficient (Wildman–Crippen LogP) is 4.32. The van der Waals surface area contributed by atoms with Crippen molar-refractivity contribution in [3.8, 4) is 11.3 Å². The van der Waals surface area contributed by atoms with E-state index in [-0.39, 0.29) is 5.88 Å². The number of rotatable bonds is 4. The molecule has 0 aliphatic rings. The van der Waals surface area contributed by atoms with Gasteiger partial charge < -0.3 is 4.74 Å². The molecule has 0 N–H and O–H groups in total. The second kappa shape index (κ2) is 6.73. The molecular formula is C15H13Cl2NO2. The fourth-order valence-corrected chi connectivity index (χ4v) is 2.28. The minimum atomic E-state index is -0.429. The molecule has 0 aliphatic heterocycles. The SMILES string of the molecule is CCOC(=O)c1cc(CCl)c(Cl)nc1-c1ccccc1. The lowest BCUT2D eigenvalue weighted by Gasteiger charge is -2.11. The van der Waals surface area contributed by atoms with E-state index in [2.05, 4.69) is 4.98 Å². The van der Waals surface area contributed by atoms with Crippen LogP contribution >= 0.6 is 23.2 Å². The maximum Gasteiger partial charge on any atom is 0.340 e. The average molecular weight is 310 g/mol. The molecule has 0 atom stereocenters. The molecular weight excluding hydrogens is 297 g/mol. The van der Waals surface area contributed by atoms with Crippen molar-refractivity contribution in [3.63, 3.8) is 0 Å². The van der Waals surface area contributed by atoms with Crippen molar-refractivity contribution in [2.75, 3.05) is 6.61 Å². The number of aromatic nitrogens is 1. The van der Waals surface area contributed by atoms with Gasteiger partial charge in [-0.05, 0) is 13.0 Å². The summed E-state index contributed by atoms with van der Waals surface area (Å²) in [6, 6.07) is 11.0. The number of pyridine rings is 1. The van der Waals surface area contributed by atoms with Gasteiger partial charge in [-0.25, -0.2) is 9.78 Å². The molecule has 104 valence electrons. The smallest absolute Gasteiger partial charge is 0.340 e. The van der Waals surface area contributed by atoms with Gasteiger partial charge in [0, 0.05) is 11.1 Å². The van der Waals surface area contributed by atoms with Gasteiger partial charge >= 0.3 is 5.97 Å². The van der Waals surface area contributed by atoms with E-state index in [0.717, 1.165) is 5.56 Å². The van der Waals surface area contributed by atoms with Crippen molar-refractivity contribution in [1.82, 2.24) is 4.98 Å². The number of esters is 1. The molecule has 0 amide bonds.